The van der Waals surface area contributed by atoms with E-state index in [0.717, 1.165) is 18.2 Å². The lowest BCUT2D eigenvalue weighted by Gasteiger charge is -2.16. The molecule has 2 aromatic carbocycles. The Balaban J connectivity index is 1.76. The molecule has 13 heteroatoms. The van der Waals surface area contributed by atoms with Crippen LogP contribution in [-0.4, -0.2) is 42.0 Å². The number of amides is 1. The molecule has 10 nitrogen and oxygen atoms in total. The highest BCUT2D eigenvalue weighted by Crippen LogP contribution is 2.33. The summed E-state index contributed by atoms with van der Waals surface area (Å²) in [5, 5.41) is 2.59. The first-order chi connectivity index (χ1) is 18.9. The Bertz CT molecular complexity index is 1760. The average molecular weight is 588 g/mol. The molecule has 0 aliphatic heterocycles. The van der Waals surface area contributed by atoms with E-state index in [2.05, 4.69) is 20.0 Å². The number of anilines is 1. The minimum Gasteiger partial charge on any atom is -0.473 e. The van der Waals surface area contributed by atoms with Gasteiger partial charge in [0.2, 0.25) is 11.8 Å². The van der Waals surface area contributed by atoms with Crippen LogP contribution in [0.25, 0.3) is 22.0 Å². The zero-order valence-corrected chi connectivity index (χ0v) is 23.7. The summed E-state index contributed by atoms with van der Waals surface area (Å²) >= 11 is 6.01. The van der Waals surface area contributed by atoms with Gasteiger partial charge in [-0.3, -0.25) is 18.9 Å². The Morgan fingerprint density at radius 3 is 2.52 bits per heavy atom. The van der Waals surface area contributed by atoms with Crippen molar-refractivity contribution in [2.75, 3.05) is 11.8 Å². The third-order valence-electron chi connectivity index (χ3n) is 5.95. The van der Waals surface area contributed by atoms with Crippen molar-refractivity contribution in [2.45, 2.75) is 38.3 Å². The molecule has 2 heterocycles. The Morgan fingerprint density at radius 2 is 1.85 bits per heavy atom. The van der Waals surface area contributed by atoms with Crippen molar-refractivity contribution in [1.29, 1.82) is 0 Å². The largest absolute Gasteiger partial charge is 0.473 e. The molecule has 4 aromatic rings. The number of nitrogens with one attached hydrogen (secondary N) is 2. The van der Waals surface area contributed by atoms with Crippen molar-refractivity contribution in [3.05, 3.63) is 76.2 Å². The van der Waals surface area contributed by atoms with E-state index >= 15 is 0 Å². The van der Waals surface area contributed by atoms with Crippen molar-refractivity contribution in [2.24, 2.45) is 5.92 Å². The van der Waals surface area contributed by atoms with Crippen LogP contribution in [0.3, 0.4) is 0 Å². The molecule has 40 heavy (non-hydrogen) atoms. The molecule has 1 atom stereocenters. The maximum atomic E-state index is 13.5. The number of pyridine rings is 1. The molecule has 0 radical (unpaired) electrons. The molecular formula is C27H27ClFN5O5S. The monoisotopic (exact) mass is 587 g/mol. The van der Waals surface area contributed by atoms with Crippen LogP contribution in [0.4, 0.5) is 10.1 Å². The average Bonchev–Trinajstić information content (AvgIpc) is 2.90. The number of sulfonamides is 1. The van der Waals surface area contributed by atoms with Crippen molar-refractivity contribution < 1.29 is 22.3 Å². The van der Waals surface area contributed by atoms with Crippen LogP contribution in [0.5, 0.6) is 5.88 Å². The van der Waals surface area contributed by atoms with Crippen LogP contribution in [0.15, 0.2) is 64.7 Å². The third kappa shape index (κ3) is 6.23. The zero-order chi connectivity index (χ0) is 29.2. The van der Waals surface area contributed by atoms with Crippen LogP contribution < -0.4 is 20.3 Å². The summed E-state index contributed by atoms with van der Waals surface area (Å²) < 4.78 is 49.3. The minimum absolute atomic E-state index is 0.0218. The van der Waals surface area contributed by atoms with Crippen molar-refractivity contribution >= 4 is 44.1 Å². The van der Waals surface area contributed by atoms with Gasteiger partial charge in [0.15, 0.2) is 0 Å². The van der Waals surface area contributed by atoms with E-state index in [4.69, 9.17) is 16.3 Å². The van der Waals surface area contributed by atoms with Gasteiger partial charge in [0.1, 0.15) is 16.4 Å². The molecule has 210 valence electrons. The van der Waals surface area contributed by atoms with Gasteiger partial charge in [-0.2, -0.15) is 0 Å². The van der Waals surface area contributed by atoms with Crippen molar-refractivity contribution in [1.82, 2.24) is 19.9 Å². The Kier molecular flexibility index (Phi) is 8.40. The van der Waals surface area contributed by atoms with Gasteiger partial charge in [0.05, 0.1) is 34.3 Å². The van der Waals surface area contributed by atoms with Gasteiger partial charge in [-0.05, 0) is 55.8 Å². The second kappa shape index (κ2) is 11.6. The van der Waals surface area contributed by atoms with E-state index in [-0.39, 0.29) is 45.6 Å². The maximum Gasteiger partial charge on any atom is 0.263 e. The maximum absolute atomic E-state index is 13.5. The number of aromatic nitrogens is 3. The zero-order valence-electron chi connectivity index (χ0n) is 22.1. The van der Waals surface area contributed by atoms with Gasteiger partial charge in [-0.25, -0.2) is 22.8 Å². The van der Waals surface area contributed by atoms with Gasteiger partial charge in [0.25, 0.3) is 15.6 Å². The van der Waals surface area contributed by atoms with Gasteiger partial charge in [-0.1, -0.05) is 24.6 Å². The lowest BCUT2D eigenvalue weighted by molar-refractivity contribution is -0.124. The highest BCUT2D eigenvalue weighted by molar-refractivity contribution is 7.92. The number of fused-ring (bicyclic) bond motifs is 1. The van der Waals surface area contributed by atoms with Gasteiger partial charge in [-0.15, -0.1) is 0 Å². The second-order valence-corrected chi connectivity index (χ2v) is 11.4. The van der Waals surface area contributed by atoms with Gasteiger partial charge >= 0.3 is 0 Å². The van der Waals surface area contributed by atoms with Crippen molar-refractivity contribution in [3.8, 4) is 17.0 Å². The number of nitrogens with zero attached hydrogens (tertiary/aromatic N) is 3. The number of carbonyl (C=O) groups is 1. The summed E-state index contributed by atoms with van der Waals surface area (Å²) in [7, 11) is -2.72. The lowest BCUT2D eigenvalue weighted by atomic mass is 10.0. The summed E-state index contributed by atoms with van der Waals surface area (Å²) in [5.41, 5.74) is 1.19. The Morgan fingerprint density at radius 1 is 1.10 bits per heavy atom. The Hall–Kier alpha value is -4.03. The summed E-state index contributed by atoms with van der Waals surface area (Å²) in [5.74, 6) is -1.31. The molecule has 0 aliphatic carbocycles. The number of ether oxygens (including phenoxy) is 1. The molecule has 1 amide bonds. The molecule has 4 rings (SSSR count). The molecule has 0 saturated carbocycles. The summed E-state index contributed by atoms with van der Waals surface area (Å²) in [6.45, 7) is 5.38. The van der Waals surface area contributed by atoms with Crippen LogP contribution in [-0.2, 0) is 21.4 Å². The SMILES string of the molecule is CNC(=O)C(C)Cn1cnc2ccc(-c3cnc(OC(C)C)c(NS(=O)(=O)c4ccc(F)cc4Cl)c3)cc2c1=O. The van der Waals surface area contributed by atoms with E-state index in [1.54, 1.807) is 39.0 Å². The fourth-order valence-corrected chi connectivity index (χ4v) is 5.57. The molecule has 0 fully saturated rings. The minimum atomic E-state index is -4.25. The summed E-state index contributed by atoms with van der Waals surface area (Å²) in [4.78, 5) is 33.5. The first-order valence-electron chi connectivity index (χ1n) is 12.3. The topological polar surface area (TPSA) is 132 Å². The number of rotatable bonds is 9. The summed E-state index contributed by atoms with van der Waals surface area (Å²) in [6.07, 6.45) is 2.57. The Labute approximate surface area is 235 Å². The predicted octanol–water partition coefficient (Wildman–Crippen LogP) is 4.22. The molecule has 0 aliphatic rings. The van der Waals surface area contributed by atoms with E-state index in [1.807, 2.05) is 0 Å². The molecule has 1 unspecified atom stereocenters. The van der Waals surface area contributed by atoms with Crippen molar-refractivity contribution in [3.63, 3.8) is 0 Å². The number of hydrogen-bond acceptors (Lipinski definition) is 7. The standard InChI is InChI=1S/C27H27ClFN5O5S/c1-15(2)39-26-23(33-40(37,38)24-8-6-19(29)11-21(24)28)10-18(12-31-26)17-5-7-22-20(9-17)27(36)34(14-32-22)13-16(3)25(35)30-4/h5-12,14-16,33H,13H2,1-4H3,(H,30,35). The molecule has 0 saturated heterocycles. The fraction of sp³-hybridized carbons (Fsp3) is 0.259. The molecule has 0 bridgehead atoms. The van der Waals surface area contributed by atoms with Gasteiger partial charge < -0.3 is 10.1 Å². The van der Waals surface area contributed by atoms with Gasteiger partial charge in [0, 0.05) is 25.4 Å². The van der Waals surface area contributed by atoms with Crippen LogP contribution in [0.2, 0.25) is 5.02 Å². The van der Waals surface area contributed by atoms with Crippen LogP contribution >= 0.6 is 11.6 Å². The van der Waals surface area contributed by atoms with Crippen LogP contribution in [0.1, 0.15) is 20.8 Å². The number of benzene rings is 2. The molecule has 0 spiro atoms. The van der Waals surface area contributed by atoms with E-state index in [0.29, 0.717) is 22.0 Å². The first-order valence-corrected chi connectivity index (χ1v) is 14.1. The second-order valence-electron chi connectivity index (χ2n) is 9.37. The highest BCUT2D eigenvalue weighted by atomic mass is 35.5. The first kappa shape index (κ1) is 29.0. The normalized spacial score (nSPS) is 12.4. The molecule has 2 N–H and O–H groups in total. The fourth-order valence-electron chi connectivity index (χ4n) is 3.99. The van der Waals surface area contributed by atoms with E-state index in [9.17, 15) is 22.4 Å². The lowest BCUT2D eigenvalue weighted by Crippen LogP contribution is -2.32. The van der Waals surface area contributed by atoms with E-state index in [1.165, 1.54) is 30.2 Å². The number of carbonyl (C=O) groups excluding carboxylic acids is 1. The molecule has 2 aromatic heterocycles. The van der Waals surface area contributed by atoms with E-state index < -0.39 is 21.8 Å². The quantitative estimate of drug-likeness (QED) is 0.300. The predicted molar refractivity (Wildman–Crippen MR) is 150 cm³/mol. The third-order valence-corrected chi connectivity index (χ3v) is 7.80. The number of halogens is 2. The number of hydrogen-bond donors (Lipinski definition) is 2. The smallest absolute Gasteiger partial charge is 0.263 e. The van der Waals surface area contributed by atoms with Crippen LogP contribution in [0, 0.1) is 11.7 Å². The summed E-state index contributed by atoms with van der Waals surface area (Å²) in [6, 6.07) is 9.49. The highest BCUT2D eigenvalue weighted by Gasteiger charge is 2.22. The molecular weight excluding hydrogens is 561 g/mol.